The number of carbonyl (C=O) groups is 1. The largest absolute Gasteiger partial charge is 0.389 e. The number of likely N-dealkylation sites (tertiary alicyclic amines) is 1. The zero-order valence-corrected chi connectivity index (χ0v) is 10.0. The molecule has 1 fully saturated rings. The Morgan fingerprint density at radius 1 is 1.67 bits per heavy atom. The highest BCUT2D eigenvalue weighted by Gasteiger charge is 2.27. The zero-order chi connectivity index (χ0) is 11.5. The maximum Gasteiger partial charge on any atom is 0.235 e. The van der Waals surface area contributed by atoms with Gasteiger partial charge in [0.2, 0.25) is 5.91 Å². The Morgan fingerprint density at radius 2 is 2.33 bits per heavy atom. The number of hydrogen-bond donors (Lipinski definition) is 2. The van der Waals surface area contributed by atoms with Crippen molar-refractivity contribution < 1.29 is 9.90 Å². The summed E-state index contributed by atoms with van der Waals surface area (Å²) >= 11 is 5.41. The van der Waals surface area contributed by atoms with Gasteiger partial charge in [0.05, 0.1) is 5.60 Å². The number of alkyl halides is 1. The minimum Gasteiger partial charge on any atom is -0.389 e. The molecule has 1 aliphatic heterocycles. The first-order chi connectivity index (χ1) is 6.90. The maximum absolute atomic E-state index is 11.0. The van der Waals surface area contributed by atoms with Gasteiger partial charge in [-0.2, -0.15) is 0 Å². The number of rotatable bonds is 4. The average Bonchev–Trinajstić information content (AvgIpc) is 2.49. The fourth-order valence-corrected chi connectivity index (χ4v) is 1.98. The first-order valence-electron chi connectivity index (χ1n) is 5.21. The van der Waals surface area contributed by atoms with Crippen LogP contribution in [0.25, 0.3) is 0 Å². The molecule has 1 heterocycles. The molecule has 0 unspecified atom stereocenters. The lowest BCUT2D eigenvalue weighted by molar-refractivity contribution is -0.119. The Morgan fingerprint density at radius 3 is 2.87 bits per heavy atom. The van der Waals surface area contributed by atoms with Crippen LogP contribution >= 0.6 is 11.6 Å². The van der Waals surface area contributed by atoms with E-state index in [1.54, 1.807) is 13.8 Å². The predicted octanol–water partition coefficient (Wildman–Crippen LogP) is 0.187. The number of nitrogens with zero attached hydrogens (tertiary/aromatic N) is 1. The summed E-state index contributed by atoms with van der Waals surface area (Å²) in [6.07, 6.45) is 0.929. The van der Waals surface area contributed by atoms with Gasteiger partial charge in [-0.25, -0.2) is 0 Å². The van der Waals surface area contributed by atoms with Crippen LogP contribution in [-0.4, -0.2) is 53.1 Å². The van der Waals surface area contributed by atoms with Gasteiger partial charge in [-0.05, 0) is 20.3 Å². The van der Waals surface area contributed by atoms with Crippen LogP contribution in [-0.2, 0) is 4.79 Å². The van der Waals surface area contributed by atoms with Gasteiger partial charge in [-0.15, -0.1) is 11.6 Å². The Hall–Kier alpha value is -0.320. The van der Waals surface area contributed by atoms with Crippen LogP contribution < -0.4 is 5.32 Å². The smallest absolute Gasteiger partial charge is 0.235 e. The lowest BCUT2D eigenvalue weighted by Crippen LogP contribution is -2.41. The molecule has 0 radical (unpaired) electrons. The number of hydrogen-bond acceptors (Lipinski definition) is 3. The lowest BCUT2D eigenvalue weighted by atomic mass is 10.1. The second-order valence-electron chi connectivity index (χ2n) is 4.73. The van der Waals surface area contributed by atoms with Crippen molar-refractivity contribution >= 4 is 17.5 Å². The van der Waals surface area contributed by atoms with Gasteiger partial charge in [0.15, 0.2) is 0 Å². The topological polar surface area (TPSA) is 52.6 Å². The summed E-state index contributed by atoms with van der Waals surface area (Å²) in [4.78, 5) is 13.2. The first kappa shape index (κ1) is 12.7. The van der Waals surface area contributed by atoms with Crippen LogP contribution in [0.4, 0.5) is 0 Å². The fraction of sp³-hybridized carbons (Fsp3) is 0.900. The van der Waals surface area contributed by atoms with Crippen molar-refractivity contribution in [3.8, 4) is 0 Å². The van der Waals surface area contributed by atoms with E-state index in [0.29, 0.717) is 6.54 Å². The third-order valence-corrected chi connectivity index (χ3v) is 2.61. The predicted molar refractivity (Wildman–Crippen MR) is 60.0 cm³/mol. The van der Waals surface area contributed by atoms with Crippen molar-refractivity contribution in [1.82, 2.24) is 10.2 Å². The van der Waals surface area contributed by atoms with Gasteiger partial charge in [-0.3, -0.25) is 9.69 Å². The molecule has 5 heteroatoms. The molecule has 2 N–H and O–H groups in total. The summed E-state index contributed by atoms with van der Waals surface area (Å²) in [6, 6.07) is 0.179. The number of amides is 1. The minimum atomic E-state index is -0.675. The molecule has 88 valence electrons. The molecule has 0 spiro atoms. The van der Waals surface area contributed by atoms with Crippen molar-refractivity contribution in [3.63, 3.8) is 0 Å². The van der Waals surface area contributed by atoms with E-state index in [2.05, 4.69) is 10.2 Å². The Kier molecular flexibility index (Phi) is 4.37. The van der Waals surface area contributed by atoms with Gasteiger partial charge < -0.3 is 10.4 Å². The summed E-state index contributed by atoms with van der Waals surface area (Å²) in [6.45, 7) is 5.93. The molecule has 1 rings (SSSR count). The number of nitrogens with one attached hydrogen (secondary N) is 1. The highest BCUT2D eigenvalue weighted by molar-refractivity contribution is 6.27. The van der Waals surface area contributed by atoms with Gasteiger partial charge in [-0.1, -0.05) is 0 Å². The van der Waals surface area contributed by atoms with Crippen molar-refractivity contribution in [2.24, 2.45) is 0 Å². The second-order valence-corrected chi connectivity index (χ2v) is 5.00. The SMILES string of the molecule is CC(C)(O)CN1CC[C@H](NC(=O)CCl)C1. The van der Waals surface area contributed by atoms with Gasteiger partial charge in [0.25, 0.3) is 0 Å². The van der Waals surface area contributed by atoms with Crippen LogP contribution in [0, 0.1) is 0 Å². The highest BCUT2D eigenvalue weighted by atomic mass is 35.5. The molecule has 15 heavy (non-hydrogen) atoms. The molecular weight excluding hydrogens is 216 g/mol. The van der Waals surface area contributed by atoms with Crippen LogP contribution in [0.2, 0.25) is 0 Å². The van der Waals surface area contributed by atoms with E-state index in [-0.39, 0.29) is 17.8 Å². The van der Waals surface area contributed by atoms with E-state index in [0.717, 1.165) is 19.5 Å². The molecule has 1 atom stereocenters. The third kappa shape index (κ3) is 4.82. The molecule has 1 aliphatic rings. The van der Waals surface area contributed by atoms with Gasteiger partial charge in [0, 0.05) is 25.7 Å². The van der Waals surface area contributed by atoms with E-state index in [4.69, 9.17) is 11.6 Å². The highest BCUT2D eigenvalue weighted by Crippen LogP contribution is 2.13. The first-order valence-corrected chi connectivity index (χ1v) is 5.74. The number of carbonyl (C=O) groups excluding carboxylic acids is 1. The number of halogens is 1. The summed E-state index contributed by atoms with van der Waals surface area (Å²) in [7, 11) is 0. The molecule has 0 aliphatic carbocycles. The summed E-state index contributed by atoms with van der Waals surface area (Å²) in [5.74, 6) is -0.103. The van der Waals surface area contributed by atoms with E-state index < -0.39 is 5.60 Å². The Balaban J connectivity index is 2.30. The molecule has 0 bridgehead atoms. The molecule has 0 aromatic heterocycles. The molecule has 0 saturated carbocycles. The second kappa shape index (κ2) is 5.14. The summed E-state index contributed by atoms with van der Waals surface area (Å²) in [5, 5.41) is 12.5. The van der Waals surface area contributed by atoms with Crippen molar-refractivity contribution in [2.45, 2.75) is 31.9 Å². The molecule has 0 aromatic rings. The molecule has 0 aromatic carbocycles. The standard InChI is InChI=1S/C10H19ClN2O2/c1-10(2,15)7-13-4-3-8(6-13)12-9(14)5-11/h8,15H,3-7H2,1-2H3,(H,12,14)/t8-/m0/s1. The quantitative estimate of drug-likeness (QED) is 0.683. The van der Waals surface area contributed by atoms with Gasteiger partial charge in [0.1, 0.15) is 5.88 Å². The van der Waals surface area contributed by atoms with Crippen LogP contribution in [0.1, 0.15) is 20.3 Å². The summed E-state index contributed by atoms with van der Waals surface area (Å²) < 4.78 is 0. The lowest BCUT2D eigenvalue weighted by Gasteiger charge is -2.25. The number of β-amino-alcohol motifs (C(OH)–C–C–N with tert-alkyl or cyclic N) is 1. The molecule has 4 nitrogen and oxygen atoms in total. The summed E-state index contributed by atoms with van der Waals surface area (Å²) in [5.41, 5.74) is -0.675. The molecule has 1 amide bonds. The van der Waals surface area contributed by atoms with Gasteiger partial charge >= 0.3 is 0 Å². The fourth-order valence-electron chi connectivity index (χ4n) is 1.91. The minimum absolute atomic E-state index is 0.0159. The average molecular weight is 235 g/mol. The van der Waals surface area contributed by atoms with E-state index >= 15 is 0 Å². The zero-order valence-electron chi connectivity index (χ0n) is 9.29. The monoisotopic (exact) mass is 234 g/mol. The Labute approximate surface area is 95.6 Å². The van der Waals surface area contributed by atoms with Crippen LogP contribution in [0.5, 0.6) is 0 Å². The third-order valence-electron chi connectivity index (χ3n) is 2.37. The molecular formula is C10H19ClN2O2. The van der Waals surface area contributed by atoms with E-state index in [1.807, 2.05) is 0 Å². The number of aliphatic hydroxyl groups is 1. The normalized spacial score (nSPS) is 23.1. The van der Waals surface area contributed by atoms with Crippen molar-refractivity contribution in [2.75, 3.05) is 25.5 Å². The van der Waals surface area contributed by atoms with Crippen LogP contribution in [0.15, 0.2) is 0 Å². The maximum atomic E-state index is 11.0. The molecule has 1 saturated heterocycles. The van der Waals surface area contributed by atoms with Crippen LogP contribution in [0.3, 0.4) is 0 Å². The van der Waals surface area contributed by atoms with Crippen molar-refractivity contribution in [3.05, 3.63) is 0 Å². The van der Waals surface area contributed by atoms with E-state index in [9.17, 15) is 9.90 Å². The van der Waals surface area contributed by atoms with Crippen molar-refractivity contribution in [1.29, 1.82) is 0 Å². The van der Waals surface area contributed by atoms with E-state index in [1.165, 1.54) is 0 Å². The Bertz CT molecular complexity index is 228.